The van der Waals surface area contributed by atoms with Gasteiger partial charge >= 0.3 is 0 Å². The first-order valence-corrected chi connectivity index (χ1v) is 4.25. The Hall–Kier alpha value is -1.45. The molecule has 4 nitrogen and oxygen atoms in total. The van der Waals surface area contributed by atoms with E-state index in [9.17, 15) is 4.79 Å². The summed E-state index contributed by atoms with van der Waals surface area (Å²) >= 11 is 0. The summed E-state index contributed by atoms with van der Waals surface area (Å²) < 4.78 is 0. The summed E-state index contributed by atoms with van der Waals surface area (Å²) in [6, 6.07) is 1.71. The van der Waals surface area contributed by atoms with Gasteiger partial charge in [0.1, 0.15) is 0 Å². The van der Waals surface area contributed by atoms with Gasteiger partial charge in [0.25, 0.3) is 0 Å². The number of carbonyl (C=O) groups excluding carboxylic acids is 1. The molecule has 1 aromatic heterocycles. The van der Waals surface area contributed by atoms with Crippen molar-refractivity contribution in [3.63, 3.8) is 0 Å². The molecular weight excluding hydrogens is 166 g/mol. The molecule has 1 aromatic rings. The van der Waals surface area contributed by atoms with Gasteiger partial charge in [0.2, 0.25) is 5.91 Å². The first kappa shape index (κ1) is 9.64. The van der Waals surface area contributed by atoms with Crippen LogP contribution in [-0.2, 0) is 4.79 Å². The maximum atomic E-state index is 11.3. The molecule has 1 amide bonds. The number of nitrogens with zero attached hydrogens (tertiary/aromatic N) is 2. The highest BCUT2D eigenvalue weighted by atomic mass is 16.1. The molecule has 0 unspecified atom stereocenters. The molecule has 1 rings (SSSR count). The fraction of sp³-hybridized carbons (Fsp3) is 0.444. The lowest BCUT2D eigenvalue weighted by Gasteiger charge is -2.05. The lowest BCUT2D eigenvalue weighted by Crippen LogP contribution is -2.13. The molecule has 0 aliphatic heterocycles. The summed E-state index contributed by atoms with van der Waals surface area (Å²) in [5, 5.41) is 10.00. The van der Waals surface area contributed by atoms with Crippen LogP contribution in [-0.4, -0.2) is 16.1 Å². The summed E-state index contributed by atoms with van der Waals surface area (Å²) in [5.41, 5.74) is 0.695. The van der Waals surface area contributed by atoms with Gasteiger partial charge in [0, 0.05) is 6.42 Å². The average Bonchev–Trinajstić information content (AvgIpc) is 2.04. The van der Waals surface area contributed by atoms with Crippen molar-refractivity contribution in [1.29, 1.82) is 0 Å². The molecule has 0 aromatic carbocycles. The van der Waals surface area contributed by atoms with Crippen molar-refractivity contribution in [3.8, 4) is 0 Å². The van der Waals surface area contributed by atoms with E-state index >= 15 is 0 Å². The number of hydrogen-bond donors (Lipinski definition) is 1. The Balaban J connectivity index is 2.46. The molecule has 0 saturated heterocycles. The molecule has 0 fully saturated rings. The second-order valence-corrected chi connectivity index (χ2v) is 3.28. The van der Waals surface area contributed by atoms with Crippen LogP contribution in [0.2, 0.25) is 0 Å². The SMILES string of the molecule is CC(C)CC(=O)Nc1ccnnc1. The highest BCUT2D eigenvalue weighted by Crippen LogP contribution is 2.05. The smallest absolute Gasteiger partial charge is 0.224 e. The van der Waals surface area contributed by atoms with Gasteiger partial charge in [-0.15, -0.1) is 0 Å². The monoisotopic (exact) mass is 179 g/mol. The lowest BCUT2D eigenvalue weighted by molar-refractivity contribution is -0.116. The predicted molar refractivity (Wildman–Crippen MR) is 50.1 cm³/mol. The number of hydrogen-bond acceptors (Lipinski definition) is 3. The highest BCUT2D eigenvalue weighted by Gasteiger charge is 2.04. The normalized spacial score (nSPS) is 10.1. The Labute approximate surface area is 77.4 Å². The zero-order valence-corrected chi connectivity index (χ0v) is 7.82. The van der Waals surface area contributed by atoms with Crippen molar-refractivity contribution in [1.82, 2.24) is 10.2 Å². The lowest BCUT2D eigenvalue weighted by atomic mass is 10.1. The molecular formula is C9H13N3O. The first-order chi connectivity index (χ1) is 6.18. The maximum absolute atomic E-state index is 11.3. The van der Waals surface area contributed by atoms with Crippen LogP contribution in [0.25, 0.3) is 0 Å². The number of carbonyl (C=O) groups is 1. The Morgan fingerprint density at radius 1 is 1.54 bits per heavy atom. The average molecular weight is 179 g/mol. The maximum Gasteiger partial charge on any atom is 0.224 e. The molecule has 4 heteroatoms. The molecule has 0 radical (unpaired) electrons. The van der Waals surface area contributed by atoms with Crippen LogP contribution in [0.1, 0.15) is 20.3 Å². The van der Waals surface area contributed by atoms with E-state index in [0.29, 0.717) is 18.0 Å². The van der Waals surface area contributed by atoms with Crippen molar-refractivity contribution in [2.24, 2.45) is 5.92 Å². The van der Waals surface area contributed by atoms with E-state index in [1.807, 2.05) is 13.8 Å². The molecule has 0 saturated carbocycles. The topological polar surface area (TPSA) is 54.9 Å². The minimum absolute atomic E-state index is 0.0167. The van der Waals surface area contributed by atoms with Crippen LogP contribution in [0, 0.1) is 5.92 Å². The molecule has 13 heavy (non-hydrogen) atoms. The van der Waals surface area contributed by atoms with Crippen LogP contribution in [0.4, 0.5) is 5.69 Å². The minimum Gasteiger partial charge on any atom is -0.325 e. The van der Waals surface area contributed by atoms with E-state index in [2.05, 4.69) is 15.5 Å². The van der Waals surface area contributed by atoms with Crippen molar-refractivity contribution in [3.05, 3.63) is 18.5 Å². The van der Waals surface area contributed by atoms with Gasteiger partial charge < -0.3 is 5.32 Å². The summed E-state index contributed by atoms with van der Waals surface area (Å²) in [7, 11) is 0. The second kappa shape index (κ2) is 4.54. The Morgan fingerprint density at radius 3 is 2.85 bits per heavy atom. The van der Waals surface area contributed by atoms with Crippen molar-refractivity contribution >= 4 is 11.6 Å². The third-order valence-corrected chi connectivity index (χ3v) is 1.46. The standard InChI is InChI=1S/C9H13N3O/c1-7(2)5-9(13)12-8-3-4-10-11-6-8/h3-4,6-7H,5H2,1-2H3,(H,10,12,13). The van der Waals surface area contributed by atoms with E-state index in [1.165, 1.54) is 6.20 Å². The zero-order chi connectivity index (χ0) is 9.68. The summed E-state index contributed by atoms with van der Waals surface area (Å²) in [6.45, 7) is 4.01. The highest BCUT2D eigenvalue weighted by molar-refractivity contribution is 5.90. The van der Waals surface area contributed by atoms with E-state index in [-0.39, 0.29) is 5.91 Å². The van der Waals surface area contributed by atoms with Gasteiger partial charge in [-0.25, -0.2) is 0 Å². The fourth-order valence-electron chi connectivity index (χ4n) is 0.947. The molecule has 1 N–H and O–H groups in total. The van der Waals surface area contributed by atoms with Crippen molar-refractivity contribution < 1.29 is 4.79 Å². The second-order valence-electron chi connectivity index (χ2n) is 3.28. The molecule has 0 bridgehead atoms. The third kappa shape index (κ3) is 3.64. The summed E-state index contributed by atoms with van der Waals surface area (Å²) in [6.07, 6.45) is 3.60. The van der Waals surface area contributed by atoms with Crippen LogP contribution >= 0.6 is 0 Å². The van der Waals surface area contributed by atoms with Gasteiger partial charge in [-0.3, -0.25) is 4.79 Å². The van der Waals surface area contributed by atoms with Crippen LogP contribution in [0.3, 0.4) is 0 Å². The van der Waals surface area contributed by atoms with Crippen molar-refractivity contribution in [2.45, 2.75) is 20.3 Å². The summed E-state index contributed by atoms with van der Waals surface area (Å²) in [5.74, 6) is 0.387. The third-order valence-electron chi connectivity index (χ3n) is 1.46. The van der Waals surface area contributed by atoms with E-state index in [1.54, 1.807) is 12.3 Å². The number of amides is 1. The molecule has 0 atom stereocenters. The molecule has 0 spiro atoms. The van der Waals surface area contributed by atoms with Gasteiger partial charge in [0.05, 0.1) is 18.1 Å². The van der Waals surface area contributed by atoms with Gasteiger partial charge in [-0.1, -0.05) is 13.8 Å². The number of nitrogens with one attached hydrogen (secondary N) is 1. The molecule has 0 aliphatic carbocycles. The van der Waals surface area contributed by atoms with Gasteiger partial charge in [-0.2, -0.15) is 10.2 Å². The zero-order valence-electron chi connectivity index (χ0n) is 7.82. The van der Waals surface area contributed by atoms with Crippen LogP contribution in [0.5, 0.6) is 0 Å². The van der Waals surface area contributed by atoms with Gasteiger partial charge in [-0.05, 0) is 12.0 Å². The molecule has 70 valence electrons. The minimum atomic E-state index is 0.0167. The summed E-state index contributed by atoms with van der Waals surface area (Å²) in [4.78, 5) is 11.3. The Morgan fingerprint density at radius 2 is 2.31 bits per heavy atom. The van der Waals surface area contributed by atoms with E-state index < -0.39 is 0 Å². The fourth-order valence-corrected chi connectivity index (χ4v) is 0.947. The van der Waals surface area contributed by atoms with Crippen molar-refractivity contribution in [2.75, 3.05) is 5.32 Å². The predicted octanol–water partition coefficient (Wildman–Crippen LogP) is 1.46. The molecule has 1 heterocycles. The van der Waals surface area contributed by atoms with Crippen LogP contribution in [0.15, 0.2) is 18.5 Å². The number of rotatable bonds is 3. The number of anilines is 1. The molecule has 0 aliphatic rings. The largest absolute Gasteiger partial charge is 0.325 e. The van der Waals surface area contributed by atoms with E-state index in [0.717, 1.165) is 0 Å². The Kier molecular flexibility index (Phi) is 3.37. The quantitative estimate of drug-likeness (QED) is 0.764. The number of aromatic nitrogens is 2. The van der Waals surface area contributed by atoms with Crippen LogP contribution < -0.4 is 5.32 Å². The Bertz CT molecular complexity index is 271. The van der Waals surface area contributed by atoms with Gasteiger partial charge in [0.15, 0.2) is 0 Å². The first-order valence-electron chi connectivity index (χ1n) is 4.25. The van der Waals surface area contributed by atoms with E-state index in [4.69, 9.17) is 0 Å².